The van der Waals surface area contributed by atoms with Crippen LogP contribution in [0.2, 0.25) is 0 Å². The molecule has 0 atom stereocenters. The van der Waals surface area contributed by atoms with E-state index in [-0.39, 0.29) is 24.0 Å². The number of hydrogen-bond donors (Lipinski definition) is 2. The molecule has 1 fully saturated rings. The molecule has 0 spiro atoms. The van der Waals surface area contributed by atoms with Gasteiger partial charge in [-0.3, -0.25) is 4.99 Å². The zero-order chi connectivity index (χ0) is 17.2. The van der Waals surface area contributed by atoms with Crippen LogP contribution in [0.1, 0.15) is 49.7 Å². The van der Waals surface area contributed by atoms with Crippen molar-refractivity contribution in [2.75, 3.05) is 33.2 Å². The van der Waals surface area contributed by atoms with Gasteiger partial charge in [0, 0.05) is 43.8 Å². The minimum absolute atomic E-state index is 0. The zero-order valence-electron chi connectivity index (χ0n) is 15.9. The topological polar surface area (TPSA) is 52.5 Å². The van der Waals surface area contributed by atoms with Crippen molar-refractivity contribution < 1.29 is 0 Å². The first-order chi connectivity index (χ1) is 11.7. The number of unbranched alkanes of at least 4 members (excludes halogenated alkanes) is 1. The molecule has 0 amide bonds. The maximum Gasteiger partial charge on any atom is 0.191 e. The fourth-order valence-electron chi connectivity index (χ4n) is 3.13. The van der Waals surface area contributed by atoms with Crippen LogP contribution in [0.25, 0.3) is 0 Å². The number of nitrogens with zero attached hydrogens (tertiary/aromatic N) is 3. The summed E-state index contributed by atoms with van der Waals surface area (Å²) in [6.07, 6.45) is 7.08. The van der Waals surface area contributed by atoms with Crippen LogP contribution < -0.4 is 10.6 Å². The van der Waals surface area contributed by atoms with Crippen molar-refractivity contribution in [1.29, 1.82) is 0 Å². The Balaban J connectivity index is 0.00000312. The molecular formula is C18H34IN5S. The van der Waals surface area contributed by atoms with E-state index in [0.717, 1.165) is 31.0 Å². The second kappa shape index (κ2) is 12.9. The molecule has 0 unspecified atom stereocenters. The van der Waals surface area contributed by atoms with Crippen LogP contribution in [-0.2, 0) is 6.42 Å². The van der Waals surface area contributed by atoms with Crippen LogP contribution >= 0.6 is 35.3 Å². The van der Waals surface area contributed by atoms with Gasteiger partial charge >= 0.3 is 0 Å². The molecule has 1 aromatic heterocycles. The third-order valence-electron chi connectivity index (χ3n) is 4.47. The lowest BCUT2D eigenvalue weighted by molar-refractivity contribution is 0.206. The first-order valence-corrected chi connectivity index (χ1v) is 10.2. The summed E-state index contributed by atoms with van der Waals surface area (Å²) in [5, 5.41) is 10.4. The number of thiazole rings is 1. The summed E-state index contributed by atoms with van der Waals surface area (Å²) in [5.41, 5.74) is 1.14. The summed E-state index contributed by atoms with van der Waals surface area (Å²) in [6, 6.07) is 0.558. The summed E-state index contributed by atoms with van der Waals surface area (Å²) in [5.74, 6) is 0.953. The molecule has 2 N–H and O–H groups in total. The maximum atomic E-state index is 4.51. The van der Waals surface area contributed by atoms with Crippen molar-refractivity contribution in [2.24, 2.45) is 4.99 Å². The van der Waals surface area contributed by atoms with Crippen molar-refractivity contribution in [2.45, 2.75) is 58.4 Å². The lowest BCUT2D eigenvalue weighted by atomic mass is 10.1. The fraction of sp³-hybridized carbons (Fsp3) is 0.778. The second-order valence-electron chi connectivity index (χ2n) is 6.60. The van der Waals surface area contributed by atoms with Crippen LogP contribution in [0.4, 0.5) is 0 Å². The van der Waals surface area contributed by atoms with Crippen LogP contribution in [0, 0.1) is 6.92 Å². The standard InChI is InChI=1S/C18H33N5S.HI/c1-4-11-23-12-8-16(9-13-23)22-18(19-3)20-10-6-5-7-17-21-15(2)14-24-17;/h14,16H,4-13H2,1-3H3,(H2,19,20,22);1H. The Bertz CT molecular complexity index is 497. The molecule has 25 heavy (non-hydrogen) atoms. The summed E-state index contributed by atoms with van der Waals surface area (Å²) < 4.78 is 0. The third kappa shape index (κ3) is 8.68. The normalized spacial score (nSPS) is 16.5. The van der Waals surface area contributed by atoms with Crippen LogP contribution in [0.5, 0.6) is 0 Å². The van der Waals surface area contributed by atoms with Gasteiger partial charge in [-0.15, -0.1) is 35.3 Å². The molecule has 1 saturated heterocycles. The quantitative estimate of drug-likeness (QED) is 0.260. The van der Waals surface area contributed by atoms with Crippen LogP contribution in [-0.4, -0.2) is 55.1 Å². The number of piperidine rings is 1. The lowest BCUT2D eigenvalue weighted by Crippen LogP contribution is -2.48. The lowest BCUT2D eigenvalue weighted by Gasteiger charge is -2.32. The minimum Gasteiger partial charge on any atom is -0.356 e. The summed E-state index contributed by atoms with van der Waals surface area (Å²) >= 11 is 1.77. The highest BCUT2D eigenvalue weighted by molar-refractivity contribution is 14.0. The fourth-order valence-corrected chi connectivity index (χ4v) is 3.95. The summed E-state index contributed by atoms with van der Waals surface area (Å²) in [4.78, 5) is 11.4. The number of halogens is 1. The number of nitrogens with one attached hydrogen (secondary N) is 2. The van der Waals surface area contributed by atoms with Gasteiger partial charge < -0.3 is 15.5 Å². The van der Waals surface area contributed by atoms with Gasteiger partial charge in [-0.2, -0.15) is 0 Å². The van der Waals surface area contributed by atoms with Gasteiger partial charge in [0.15, 0.2) is 5.96 Å². The number of aromatic nitrogens is 1. The van der Waals surface area contributed by atoms with Crippen LogP contribution in [0.15, 0.2) is 10.4 Å². The molecule has 7 heteroatoms. The first kappa shape index (κ1) is 22.6. The monoisotopic (exact) mass is 479 g/mol. The average Bonchev–Trinajstić information content (AvgIpc) is 3.00. The molecule has 0 radical (unpaired) electrons. The predicted octanol–water partition coefficient (Wildman–Crippen LogP) is 3.43. The Hall–Kier alpha value is -0.410. The van der Waals surface area contributed by atoms with Crippen molar-refractivity contribution in [1.82, 2.24) is 20.5 Å². The third-order valence-corrected chi connectivity index (χ3v) is 5.49. The summed E-state index contributed by atoms with van der Waals surface area (Å²) in [6.45, 7) is 8.93. The average molecular weight is 479 g/mol. The van der Waals surface area contributed by atoms with E-state index in [0.29, 0.717) is 6.04 Å². The largest absolute Gasteiger partial charge is 0.356 e. The van der Waals surface area contributed by atoms with E-state index in [4.69, 9.17) is 0 Å². The van der Waals surface area contributed by atoms with Crippen molar-refractivity contribution in [3.05, 3.63) is 16.1 Å². The van der Waals surface area contributed by atoms with Crippen molar-refractivity contribution in [3.8, 4) is 0 Å². The van der Waals surface area contributed by atoms with E-state index < -0.39 is 0 Å². The van der Waals surface area contributed by atoms with Crippen molar-refractivity contribution in [3.63, 3.8) is 0 Å². The SMILES string of the molecule is CCCN1CCC(NC(=NC)NCCCCc2nc(C)cs2)CC1.I. The highest BCUT2D eigenvalue weighted by Crippen LogP contribution is 2.12. The molecule has 5 nitrogen and oxygen atoms in total. The Morgan fingerprint density at radius 2 is 2.12 bits per heavy atom. The van der Waals surface area contributed by atoms with Crippen LogP contribution in [0.3, 0.4) is 0 Å². The number of aryl methyl sites for hydroxylation is 2. The predicted molar refractivity (Wildman–Crippen MR) is 119 cm³/mol. The molecular weight excluding hydrogens is 445 g/mol. The number of likely N-dealkylation sites (tertiary alicyclic amines) is 1. The van der Waals surface area contributed by atoms with E-state index in [1.807, 2.05) is 7.05 Å². The maximum absolute atomic E-state index is 4.51. The van der Waals surface area contributed by atoms with Gasteiger partial charge in [-0.05, 0) is 52.0 Å². The Morgan fingerprint density at radius 1 is 1.36 bits per heavy atom. The van der Waals surface area contributed by atoms with Crippen molar-refractivity contribution >= 4 is 41.3 Å². The Kier molecular flexibility index (Phi) is 11.6. The smallest absolute Gasteiger partial charge is 0.191 e. The van der Waals surface area contributed by atoms with E-state index in [1.54, 1.807) is 11.3 Å². The molecule has 0 aliphatic carbocycles. The molecule has 1 aliphatic rings. The molecule has 0 saturated carbocycles. The Labute approximate surface area is 174 Å². The van der Waals surface area contributed by atoms with E-state index >= 15 is 0 Å². The van der Waals surface area contributed by atoms with E-state index in [1.165, 1.54) is 50.3 Å². The van der Waals surface area contributed by atoms with Gasteiger partial charge in [0.05, 0.1) is 5.01 Å². The number of aliphatic imine (C=N–C) groups is 1. The molecule has 144 valence electrons. The molecule has 0 bridgehead atoms. The van der Waals surface area contributed by atoms with Gasteiger partial charge in [-0.25, -0.2) is 4.98 Å². The highest BCUT2D eigenvalue weighted by atomic mass is 127. The van der Waals surface area contributed by atoms with Gasteiger partial charge in [0.25, 0.3) is 0 Å². The highest BCUT2D eigenvalue weighted by Gasteiger charge is 2.19. The van der Waals surface area contributed by atoms with Gasteiger partial charge in [0.1, 0.15) is 0 Å². The van der Waals surface area contributed by atoms with E-state index in [9.17, 15) is 0 Å². The number of guanidine groups is 1. The first-order valence-electron chi connectivity index (χ1n) is 9.31. The molecule has 0 aromatic carbocycles. The number of rotatable bonds is 8. The Morgan fingerprint density at radius 3 is 2.72 bits per heavy atom. The molecule has 1 aliphatic heterocycles. The molecule has 1 aromatic rings. The summed E-state index contributed by atoms with van der Waals surface area (Å²) in [7, 11) is 1.86. The van der Waals surface area contributed by atoms with E-state index in [2.05, 4.69) is 44.7 Å². The van der Waals surface area contributed by atoms with Gasteiger partial charge in [0.2, 0.25) is 0 Å². The molecule has 2 heterocycles. The minimum atomic E-state index is 0. The second-order valence-corrected chi connectivity index (χ2v) is 7.54. The molecule has 2 rings (SSSR count). The van der Waals surface area contributed by atoms with Gasteiger partial charge in [-0.1, -0.05) is 6.92 Å². The number of hydrogen-bond acceptors (Lipinski definition) is 4. The zero-order valence-corrected chi connectivity index (χ0v) is 19.0.